The van der Waals surface area contributed by atoms with E-state index in [0.29, 0.717) is 5.82 Å². The first-order valence-electron chi connectivity index (χ1n) is 4.67. The molecule has 0 bridgehead atoms. The minimum Gasteiger partial charge on any atom is -0.343 e. The summed E-state index contributed by atoms with van der Waals surface area (Å²) >= 11 is 0. The molecule has 7 heteroatoms. The van der Waals surface area contributed by atoms with Crippen LogP contribution in [0.3, 0.4) is 0 Å². The number of nitrogens with one attached hydrogen (secondary N) is 2. The van der Waals surface area contributed by atoms with E-state index >= 15 is 0 Å². The van der Waals surface area contributed by atoms with Gasteiger partial charge in [0.05, 0.1) is 18.4 Å². The Labute approximate surface area is 91.4 Å². The molecule has 0 aliphatic carbocycles. The fourth-order valence-corrected chi connectivity index (χ4v) is 1.08. The van der Waals surface area contributed by atoms with Crippen molar-refractivity contribution in [2.24, 2.45) is 0 Å². The molecular weight excluding hydrogens is 208 g/mol. The second-order valence-electron chi connectivity index (χ2n) is 3.16. The van der Waals surface area contributed by atoms with E-state index in [2.05, 4.69) is 30.5 Å². The molecule has 0 aliphatic heterocycles. The van der Waals surface area contributed by atoms with Crippen LogP contribution in [0.5, 0.6) is 0 Å². The van der Waals surface area contributed by atoms with Gasteiger partial charge in [-0.15, -0.1) is 0 Å². The van der Waals surface area contributed by atoms with E-state index in [9.17, 15) is 4.79 Å². The van der Waals surface area contributed by atoms with Crippen molar-refractivity contribution in [3.63, 3.8) is 0 Å². The lowest BCUT2D eigenvalue weighted by atomic mass is 10.4. The second-order valence-corrected chi connectivity index (χ2v) is 3.16. The summed E-state index contributed by atoms with van der Waals surface area (Å²) in [5, 5.41) is 8.96. The molecular formula is C9H10N6O. The number of hydrogen-bond acceptors (Lipinski definition) is 5. The van der Waals surface area contributed by atoms with E-state index in [4.69, 9.17) is 0 Å². The van der Waals surface area contributed by atoms with Gasteiger partial charge in [-0.05, 0) is 6.92 Å². The molecule has 0 spiro atoms. The zero-order chi connectivity index (χ0) is 11.4. The normalized spacial score (nSPS) is 10.1. The molecule has 0 aromatic carbocycles. The average Bonchev–Trinajstić information content (AvgIpc) is 2.80. The third-order valence-electron chi connectivity index (χ3n) is 1.89. The third kappa shape index (κ3) is 2.38. The summed E-state index contributed by atoms with van der Waals surface area (Å²) in [6, 6.07) is 0. The van der Waals surface area contributed by atoms with Crippen molar-refractivity contribution in [3.05, 3.63) is 35.9 Å². The quantitative estimate of drug-likeness (QED) is 0.745. The summed E-state index contributed by atoms with van der Waals surface area (Å²) in [7, 11) is 0. The van der Waals surface area contributed by atoms with Gasteiger partial charge < -0.3 is 5.32 Å². The van der Waals surface area contributed by atoms with Crippen molar-refractivity contribution < 1.29 is 4.79 Å². The molecule has 0 saturated carbocycles. The van der Waals surface area contributed by atoms with Crippen LogP contribution >= 0.6 is 0 Å². The van der Waals surface area contributed by atoms with Gasteiger partial charge in [-0.1, -0.05) is 0 Å². The van der Waals surface area contributed by atoms with E-state index in [0.717, 1.165) is 5.69 Å². The van der Waals surface area contributed by atoms with Gasteiger partial charge in [-0.25, -0.2) is 9.97 Å². The van der Waals surface area contributed by atoms with E-state index in [-0.39, 0.29) is 18.1 Å². The molecule has 2 N–H and O–H groups in total. The Kier molecular flexibility index (Phi) is 2.86. The van der Waals surface area contributed by atoms with Crippen LogP contribution in [0.1, 0.15) is 22.0 Å². The van der Waals surface area contributed by atoms with Crippen LogP contribution in [0, 0.1) is 6.92 Å². The van der Waals surface area contributed by atoms with Crippen molar-refractivity contribution in [1.29, 1.82) is 0 Å². The molecule has 0 fully saturated rings. The van der Waals surface area contributed by atoms with Crippen molar-refractivity contribution >= 4 is 5.91 Å². The Morgan fingerprint density at radius 2 is 2.25 bits per heavy atom. The highest BCUT2D eigenvalue weighted by molar-refractivity contribution is 5.91. The van der Waals surface area contributed by atoms with Gasteiger partial charge >= 0.3 is 0 Å². The first-order valence-corrected chi connectivity index (χ1v) is 4.67. The van der Waals surface area contributed by atoms with Crippen molar-refractivity contribution in [2.75, 3.05) is 0 Å². The minimum atomic E-state index is -0.288. The lowest BCUT2D eigenvalue weighted by Crippen LogP contribution is -2.24. The summed E-state index contributed by atoms with van der Waals surface area (Å²) in [6.07, 6.45) is 4.36. The number of nitrogens with zero attached hydrogens (tertiary/aromatic N) is 4. The molecule has 82 valence electrons. The van der Waals surface area contributed by atoms with Gasteiger partial charge in [-0.3, -0.25) is 14.9 Å². The molecule has 0 atom stereocenters. The number of amides is 1. The molecule has 2 heterocycles. The zero-order valence-electron chi connectivity index (χ0n) is 8.64. The molecule has 0 radical (unpaired) electrons. The Bertz CT molecular complexity index is 463. The summed E-state index contributed by atoms with van der Waals surface area (Å²) in [4.78, 5) is 23.4. The molecule has 0 saturated heterocycles. The van der Waals surface area contributed by atoms with Crippen molar-refractivity contribution in [3.8, 4) is 0 Å². The highest BCUT2D eigenvalue weighted by Gasteiger charge is 2.07. The van der Waals surface area contributed by atoms with Crippen molar-refractivity contribution in [1.82, 2.24) is 30.5 Å². The van der Waals surface area contributed by atoms with Crippen LogP contribution in [-0.4, -0.2) is 31.1 Å². The SMILES string of the molecule is Cc1cnc(C(=O)NCc2ncn[nH]2)cn1. The number of aryl methyl sites for hydroxylation is 1. The summed E-state index contributed by atoms with van der Waals surface area (Å²) in [6.45, 7) is 2.09. The number of H-pyrrole nitrogens is 1. The fourth-order valence-electron chi connectivity index (χ4n) is 1.08. The van der Waals surface area contributed by atoms with Gasteiger partial charge in [0.25, 0.3) is 5.91 Å². The maximum absolute atomic E-state index is 11.6. The minimum absolute atomic E-state index is 0.283. The number of rotatable bonds is 3. The number of aromatic nitrogens is 5. The number of carbonyl (C=O) groups excluding carboxylic acids is 1. The molecule has 0 aliphatic rings. The van der Waals surface area contributed by atoms with E-state index in [1.54, 1.807) is 6.20 Å². The molecule has 7 nitrogen and oxygen atoms in total. The topological polar surface area (TPSA) is 96.5 Å². The maximum Gasteiger partial charge on any atom is 0.271 e. The average molecular weight is 218 g/mol. The summed E-state index contributed by atoms with van der Waals surface area (Å²) in [5.74, 6) is 0.303. The van der Waals surface area contributed by atoms with E-state index < -0.39 is 0 Å². The lowest BCUT2D eigenvalue weighted by Gasteiger charge is -2.01. The van der Waals surface area contributed by atoms with Crippen LogP contribution in [0.2, 0.25) is 0 Å². The smallest absolute Gasteiger partial charge is 0.271 e. The number of carbonyl (C=O) groups is 1. The molecule has 2 rings (SSSR count). The van der Waals surface area contributed by atoms with E-state index in [1.807, 2.05) is 6.92 Å². The highest BCUT2D eigenvalue weighted by Crippen LogP contribution is 1.94. The van der Waals surface area contributed by atoms with E-state index in [1.165, 1.54) is 12.5 Å². The van der Waals surface area contributed by atoms with Gasteiger partial charge in [0.15, 0.2) is 0 Å². The largest absolute Gasteiger partial charge is 0.343 e. The number of aromatic amines is 1. The second kappa shape index (κ2) is 4.47. The fraction of sp³-hybridized carbons (Fsp3) is 0.222. The zero-order valence-corrected chi connectivity index (χ0v) is 8.64. The van der Waals surface area contributed by atoms with Gasteiger partial charge in [0.1, 0.15) is 17.8 Å². The van der Waals surface area contributed by atoms with Gasteiger partial charge in [0.2, 0.25) is 0 Å². The number of hydrogen-bond donors (Lipinski definition) is 2. The van der Waals surface area contributed by atoms with Gasteiger partial charge in [0, 0.05) is 6.20 Å². The Balaban J connectivity index is 1.95. The first kappa shape index (κ1) is 10.2. The van der Waals surface area contributed by atoms with Crippen LogP contribution in [0.4, 0.5) is 0 Å². The Hall–Kier alpha value is -2.31. The first-order chi connectivity index (χ1) is 7.75. The predicted octanol–water partition coefficient (Wildman–Crippen LogP) is -0.167. The Morgan fingerprint density at radius 3 is 2.88 bits per heavy atom. The molecule has 0 unspecified atom stereocenters. The molecule has 1 amide bonds. The Morgan fingerprint density at radius 1 is 1.38 bits per heavy atom. The van der Waals surface area contributed by atoms with Crippen LogP contribution in [0.25, 0.3) is 0 Å². The molecule has 16 heavy (non-hydrogen) atoms. The van der Waals surface area contributed by atoms with Crippen LogP contribution < -0.4 is 5.32 Å². The monoisotopic (exact) mass is 218 g/mol. The molecule has 2 aromatic heterocycles. The molecule has 2 aromatic rings. The maximum atomic E-state index is 11.6. The van der Waals surface area contributed by atoms with Crippen LogP contribution in [0.15, 0.2) is 18.7 Å². The van der Waals surface area contributed by atoms with Gasteiger partial charge in [-0.2, -0.15) is 5.10 Å². The standard InChI is InChI=1S/C9H10N6O/c1-6-2-11-7(3-10-6)9(16)12-4-8-13-5-14-15-8/h2-3,5H,4H2,1H3,(H,12,16)(H,13,14,15). The predicted molar refractivity (Wildman–Crippen MR) is 54.3 cm³/mol. The highest BCUT2D eigenvalue weighted by atomic mass is 16.1. The summed E-state index contributed by atoms with van der Waals surface area (Å²) < 4.78 is 0. The van der Waals surface area contributed by atoms with Crippen molar-refractivity contribution in [2.45, 2.75) is 13.5 Å². The van der Waals surface area contributed by atoms with Crippen LogP contribution in [-0.2, 0) is 6.54 Å². The lowest BCUT2D eigenvalue weighted by molar-refractivity contribution is 0.0944. The third-order valence-corrected chi connectivity index (χ3v) is 1.89. The summed E-state index contributed by atoms with van der Waals surface area (Å²) in [5.41, 5.74) is 1.05.